The third-order valence-electron chi connectivity index (χ3n) is 2.31. The van der Waals surface area contributed by atoms with Crippen LogP contribution in [-0.4, -0.2) is 19.1 Å². The monoisotopic (exact) mass is 182 g/mol. The summed E-state index contributed by atoms with van der Waals surface area (Å²) >= 11 is 1.76. The summed E-state index contributed by atoms with van der Waals surface area (Å²) in [5, 5.41) is 11.2. The van der Waals surface area contributed by atoms with Crippen molar-refractivity contribution in [2.24, 2.45) is 0 Å². The first-order valence-electron chi connectivity index (χ1n) is 4.35. The van der Waals surface area contributed by atoms with Gasteiger partial charge in [-0.1, -0.05) is 0 Å². The van der Waals surface area contributed by atoms with Crippen molar-refractivity contribution < 1.29 is 0 Å². The highest BCUT2D eigenvalue weighted by atomic mass is 32.1. The summed E-state index contributed by atoms with van der Waals surface area (Å²) in [6, 6.07) is 3.37. The van der Waals surface area contributed by atoms with E-state index in [-0.39, 0.29) is 0 Å². The van der Waals surface area contributed by atoms with Crippen LogP contribution < -0.4 is 10.6 Å². The van der Waals surface area contributed by atoms with Gasteiger partial charge < -0.3 is 10.6 Å². The predicted octanol–water partition coefficient (Wildman–Crippen LogP) is 1.37. The molecular formula is C9H14N2S. The Kier molecular flexibility index (Phi) is 2.44. The fraction of sp³-hybridized carbons (Fsp3) is 0.556. The Morgan fingerprint density at radius 1 is 1.67 bits per heavy atom. The van der Waals surface area contributed by atoms with Gasteiger partial charge in [0.05, 0.1) is 0 Å². The summed E-state index contributed by atoms with van der Waals surface area (Å²) in [5.41, 5.74) is 1.41. The number of rotatable bonds is 3. The highest BCUT2D eigenvalue weighted by molar-refractivity contribution is 7.07. The highest BCUT2D eigenvalue weighted by Gasteiger charge is 2.18. The standard InChI is InChI=1S/C9H14N2S/c1-7(8-2-3-12-6-8)11-9-4-10-5-9/h2-3,6-7,9-11H,4-5H2,1H3. The van der Waals surface area contributed by atoms with E-state index in [1.165, 1.54) is 5.56 Å². The van der Waals surface area contributed by atoms with Crippen LogP contribution in [0.15, 0.2) is 16.8 Å². The molecule has 3 heteroatoms. The molecule has 0 saturated carbocycles. The molecular weight excluding hydrogens is 168 g/mol. The fourth-order valence-electron chi connectivity index (χ4n) is 1.38. The molecule has 0 aliphatic carbocycles. The van der Waals surface area contributed by atoms with Crippen LogP contribution in [0.2, 0.25) is 0 Å². The summed E-state index contributed by atoms with van der Waals surface area (Å²) in [5.74, 6) is 0. The average Bonchev–Trinajstić information content (AvgIpc) is 2.47. The van der Waals surface area contributed by atoms with Crippen molar-refractivity contribution in [1.82, 2.24) is 10.6 Å². The molecule has 1 aliphatic rings. The van der Waals surface area contributed by atoms with E-state index in [0.29, 0.717) is 12.1 Å². The second-order valence-corrected chi connectivity index (χ2v) is 4.08. The van der Waals surface area contributed by atoms with Gasteiger partial charge in [-0.2, -0.15) is 11.3 Å². The minimum absolute atomic E-state index is 0.503. The summed E-state index contributed by atoms with van der Waals surface area (Å²) in [6.07, 6.45) is 0. The quantitative estimate of drug-likeness (QED) is 0.738. The van der Waals surface area contributed by atoms with Crippen molar-refractivity contribution in [2.45, 2.75) is 19.0 Å². The van der Waals surface area contributed by atoms with E-state index >= 15 is 0 Å². The molecule has 2 heterocycles. The summed E-state index contributed by atoms with van der Waals surface area (Å²) < 4.78 is 0. The van der Waals surface area contributed by atoms with Crippen molar-refractivity contribution in [2.75, 3.05) is 13.1 Å². The third-order valence-corrected chi connectivity index (χ3v) is 3.01. The van der Waals surface area contributed by atoms with E-state index in [9.17, 15) is 0 Å². The van der Waals surface area contributed by atoms with E-state index < -0.39 is 0 Å². The zero-order valence-electron chi connectivity index (χ0n) is 7.21. The van der Waals surface area contributed by atoms with Gasteiger partial charge in [0.15, 0.2) is 0 Å². The molecule has 1 aromatic heterocycles. The number of hydrogen-bond donors (Lipinski definition) is 2. The van der Waals surface area contributed by atoms with E-state index in [0.717, 1.165) is 13.1 Å². The van der Waals surface area contributed by atoms with Crippen LogP contribution in [0.3, 0.4) is 0 Å². The van der Waals surface area contributed by atoms with Gasteiger partial charge in [0.1, 0.15) is 0 Å². The fourth-order valence-corrected chi connectivity index (χ4v) is 2.13. The van der Waals surface area contributed by atoms with Crippen molar-refractivity contribution in [3.8, 4) is 0 Å². The molecule has 12 heavy (non-hydrogen) atoms. The Bertz CT molecular complexity index is 229. The second kappa shape index (κ2) is 3.56. The van der Waals surface area contributed by atoms with Gasteiger partial charge in [-0.25, -0.2) is 0 Å². The van der Waals surface area contributed by atoms with Gasteiger partial charge in [-0.15, -0.1) is 0 Å². The Morgan fingerprint density at radius 3 is 3.00 bits per heavy atom. The molecule has 1 unspecified atom stereocenters. The molecule has 0 bridgehead atoms. The maximum absolute atomic E-state index is 3.56. The average molecular weight is 182 g/mol. The maximum Gasteiger partial charge on any atom is 0.0322 e. The molecule has 2 N–H and O–H groups in total. The van der Waals surface area contributed by atoms with Gasteiger partial charge in [-0.3, -0.25) is 0 Å². The first kappa shape index (κ1) is 8.23. The molecule has 0 radical (unpaired) electrons. The lowest BCUT2D eigenvalue weighted by molar-refractivity contribution is 0.338. The van der Waals surface area contributed by atoms with Crippen molar-refractivity contribution in [3.63, 3.8) is 0 Å². The number of thiophene rings is 1. The van der Waals surface area contributed by atoms with Crippen molar-refractivity contribution in [1.29, 1.82) is 0 Å². The van der Waals surface area contributed by atoms with Gasteiger partial charge >= 0.3 is 0 Å². The summed E-state index contributed by atoms with van der Waals surface area (Å²) in [4.78, 5) is 0. The van der Waals surface area contributed by atoms with Gasteiger partial charge in [-0.05, 0) is 29.3 Å². The molecule has 0 aromatic carbocycles. The van der Waals surface area contributed by atoms with Crippen LogP contribution >= 0.6 is 11.3 Å². The van der Waals surface area contributed by atoms with Crippen LogP contribution in [0, 0.1) is 0 Å². The van der Waals surface area contributed by atoms with Gasteiger partial charge in [0.2, 0.25) is 0 Å². The lowest BCUT2D eigenvalue weighted by atomic mass is 10.1. The molecule has 2 rings (SSSR count). The molecule has 1 fully saturated rings. The predicted molar refractivity (Wildman–Crippen MR) is 52.5 cm³/mol. The van der Waals surface area contributed by atoms with Crippen molar-refractivity contribution >= 4 is 11.3 Å². The SMILES string of the molecule is CC(NC1CNC1)c1ccsc1. The Hall–Kier alpha value is -0.380. The van der Waals surface area contributed by atoms with E-state index in [4.69, 9.17) is 0 Å². The lowest BCUT2D eigenvalue weighted by Gasteiger charge is -2.31. The minimum atomic E-state index is 0.503. The van der Waals surface area contributed by atoms with Crippen LogP contribution in [0.1, 0.15) is 18.5 Å². The molecule has 1 aliphatic heterocycles. The molecule has 1 saturated heterocycles. The molecule has 1 aromatic rings. The van der Waals surface area contributed by atoms with Crippen molar-refractivity contribution in [3.05, 3.63) is 22.4 Å². The number of hydrogen-bond acceptors (Lipinski definition) is 3. The molecule has 66 valence electrons. The number of nitrogens with one attached hydrogen (secondary N) is 2. The normalized spacial score (nSPS) is 20.4. The summed E-state index contributed by atoms with van der Waals surface area (Å²) in [7, 11) is 0. The smallest absolute Gasteiger partial charge is 0.0322 e. The third kappa shape index (κ3) is 1.68. The maximum atomic E-state index is 3.56. The van der Waals surface area contributed by atoms with Crippen LogP contribution in [-0.2, 0) is 0 Å². The molecule has 1 atom stereocenters. The first-order chi connectivity index (χ1) is 5.86. The molecule has 2 nitrogen and oxygen atoms in total. The Balaban J connectivity index is 1.87. The van der Waals surface area contributed by atoms with Gasteiger partial charge in [0, 0.05) is 25.2 Å². The minimum Gasteiger partial charge on any atom is -0.314 e. The Morgan fingerprint density at radius 2 is 2.50 bits per heavy atom. The molecule has 0 spiro atoms. The van der Waals surface area contributed by atoms with E-state index in [1.807, 2.05) is 0 Å². The highest BCUT2D eigenvalue weighted by Crippen LogP contribution is 2.16. The second-order valence-electron chi connectivity index (χ2n) is 3.30. The van der Waals surface area contributed by atoms with Crippen LogP contribution in [0.25, 0.3) is 0 Å². The topological polar surface area (TPSA) is 24.1 Å². The largest absolute Gasteiger partial charge is 0.314 e. The van der Waals surface area contributed by atoms with E-state index in [1.54, 1.807) is 11.3 Å². The zero-order chi connectivity index (χ0) is 8.39. The van der Waals surface area contributed by atoms with Crippen LogP contribution in [0.4, 0.5) is 0 Å². The van der Waals surface area contributed by atoms with E-state index in [2.05, 4.69) is 34.4 Å². The zero-order valence-corrected chi connectivity index (χ0v) is 8.03. The van der Waals surface area contributed by atoms with Gasteiger partial charge in [0.25, 0.3) is 0 Å². The first-order valence-corrected chi connectivity index (χ1v) is 5.29. The Labute approximate surface area is 77.0 Å². The molecule has 0 amide bonds. The van der Waals surface area contributed by atoms with Crippen LogP contribution in [0.5, 0.6) is 0 Å². The lowest BCUT2D eigenvalue weighted by Crippen LogP contribution is -2.55. The summed E-state index contributed by atoms with van der Waals surface area (Å²) in [6.45, 7) is 4.46.